The highest BCUT2D eigenvalue weighted by molar-refractivity contribution is 5.98. The van der Waals surface area contributed by atoms with Gasteiger partial charge in [0, 0.05) is 27.9 Å². The first-order valence-corrected chi connectivity index (χ1v) is 8.32. The summed E-state index contributed by atoms with van der Waals surface area (Å²) in [6.45, 7) is 3.41. The number of fused-ring (bicyclic) bond motifs is 1. The molecule has 0 spiro atoms. The van der Waals surface area contributed by atoms with Crippen LogP contribution in [0, 0.1) is 6.92 Å². The van der Waals surface area contributed by atoms with Crippen LogP contribution in [-0.4, -0.2) is 23.8 Å². The van der Waals surface area contributed by atoms with Crippen LogP contribution in [0.15, 0.2) is 48.5 Å². The lowest BCUT2D eigenvalue weighted by Gasteiger charge is -2.17. The van der Waals surface area contributed by atoms with Gasteiger partial charge in [0.05, 0.1) is 24.7 Å². The Bertz CT molecular complexity index is 996. The van der Waals surface area contributed by atoms with E-state index in [1.54, 1.807) is 12.1 Å². The molecule has 0 aliphatic rings. The van der Waals surface area contributed by atoms with Crippen LogP contribution in [0.5, 0.6) is 0 Å². The van der Waals surface area contributed by atoms with E-state index in [0.717, 1.165) is 33.5 Å². The van der Waals surface area contributed by atoms with Gasteiger partial charge < -0.3 is 10.1 Å². The van der Waals surface area contributed by atoms with Crippen LogP contribution >= 0.6 is 0 Å². The van der Waals surface area contributed by atoms with Crippen molar-refractivity contribution in [3.63, 3.8) is 0 Å². The molecule has 0 aliphatic carbocycles. The molecule has 5 nitrogen and oxygen atoms in total. The first-order valence-electron chi connectivity index (χ1n) is 8.32. The molecule has 0 saturated heterocycles. The number of ketones is 1. The van der Waals surface area contributed by atoms with Gasteiger partial charge in [0.2, 0.25) is 0 Å². The van der Waals surface area contributed by atoms with Crippen LogP contribution < -0.4 is 5.32 Å². The summed E-state index contributed by atoms with van der Waals surface area (Å²) in [5.41, 5.74) is 4.59. The van der Waals surface area contributed by atoms with Crippen molar-refractivity contribution in [1.29, 1.82) is 0 Å². The normalized spacial score (nSPS) is 10.6. The molecule has 0 bridgehead atoms. The fraction of sp³-hybridized carbons (Fsp3) is 0.190. The van der Waals surface area contributed by atoms with Crippen molar-refractivity contribution in [2.75, 3.05) is 12.4 Å². The van der Waals surface area contributed by atoms with Crippen LogP contribution in [0.4, 0.5) is 11.4 Å². The number of benzene rings is 2. The summed E-state index contributed by atoms with van der Waals surface area (Å²) in [5, 5.41) is 4.29. The van der Waals surface area contributed by atoms with Crippen LogP contribution in [0.1, 0.15) is 28.5 Å². The smallest absolute Gasteiger partial charge is 0.310 e. The molecule has 1 N–H and O–H groups in total. The van der Waals surface area contributed by atoms with Gasteiger partial charge in [-0.1, -0.05) is 30.3 Å². The van der Waals surface area contributed by atoms with Crippen LogP contribution in [0.2, 0.25) is 0 Å². The molecular formula is C21H20N2O3. The number of anilines is 2. The number of nitrogens with one attached hydrogen (secondary N) is 1. The predicted molar refractivity (Wildman–Crippen MR) is 102 cm³/mol. The second kappa shape index (κ2) is 7.35. The van der Waals surface area contributed by atoms with Gasteiger partial charge in [0.1, 0.15) is 0 Å². The minimum atomic E-state index is -0.328. The molecule has 0 unspecified atom stereocenters. The highest BCUT2D eigenvalue weighted by atomic mass is 16.5. The third-order valence-corrected chi connectivity index (χ3v) is 4.29. The largest absolute Gasteiger partial charge is 0.469 e. The lowest BCUT2D eigenvalue weighted by Crippen LogP contribution is -2.10. The molecule has 0 saturated carbocycles. The number of carbonyl (C=O) groups is 2. The van der Waals surface area contributed by atoms with Crippen molar-refractivity contribution < 1.29 is 14.3 Å². The van der Waals surface area contributed by atoms with Crippen LogP contribution in [0.25, 0.3) is 10.9 Å². The quantitative estimate of drug-likeness (QED) is 0.553. The highest BCUT2D eigenvalue weighted by Gasteiger charge is 2.16. The summed E-state index contributed by atoms with van der Waals surface area (Å²) >= 11 is 0. The minimum Gasteiger partial charge on any atom is -0.469 e. The van der Waals surface area contributed by atoms with Gasteiger partial charge >= 0.3 is 5.97 Å². The molecule has 26 heavy (non-hydrogen) atoms. The summed E-state index contributed by atoms with van der Waals surface area (Å²) in [4.78, 5) is 28.2. The maximum atomic E-state index is 11.9. The van der Waals surface area contributed by atoms with E-state index in [9.17, 15) is 9.59 Å². The number of esters is 1. The molecule has 0 radical (unpaired) electrons. The van der Waals surface area contributed by atoms with Crippen LogP contribution in [-0.2, 0) is 16.0 Å². The summed E-state index contributed by atoms with van der Waals surface area (Å²) in [7, 11) is 1.37. The zero-order valence-electron chi connectivity index (χ0n) is 15.0. The standard InChI is InChI=1S/C21H20N2O3/c1-13-18(12-20(25)26-3)21(17-9-4-5-10-19(17)22-13)23-16-8-6-7-15(11-16)14(2)24/h4-11H,12H2,1-3H3,(H,22,23). The SMILES string of the molecule is COC(=O)Cc1c(C)nc2ccccc2c1Nc1cccc(C(C)=O)c1. The minimum absolute atomic E-state index is 0.000740. The van der Waals surface area contributed by atoms with Gasteiger partial charge in [-0.3, -0.25) is 14.6 Å². The Hall–Kier alpha value is -3.21. The topological polar surface area (TPSA) is 68.3 Å². The molecule has 3 rings (SSSR count). The zero-order valence-corrected chi connectivity index (χ0v) is 15.0. The third-order valence-electron chi connectivity index (χ3n) is 4.29. The van der Waals surface area contributed by atoms with Crippen molar-refractivity contribution in [3.05, 3.63) is 65.4 Å². The maximum absolute atomic E-state index is 11.9. The number of ether oxygens (including phenoxy) is 1. The summed E-state index contributed by atoms with van der Waals surface area (Å²) in [6, 6.07) is 15.0. The van der Waals surface area contributed by atoms with Gasteiger partial charge in [-0.2, -0.15) is 0 Å². The average molecular weight is 348 g/mol. The first kappa shape index (κ1) is 17.6. The number of nitrogens with zero attached hydrogens (tertiary/aromatic N) is 1. The molecule has 1 aromatic heterocycles. The van der Waals surface area contributed by atoms with E-state index in [1.807, 2.05) is 43.3 Å². The molecule has 1 heterocycles. The number of hydrogen-bond donors (Lipinski definition) is 1. The predicted octanol–water partition coefficient (Wildman–Crippen LogP) is 4.20. The lowest BCUT2D eigenvalue weighted by molar-refractivity contribution is -0.139. The number of rotatable bonds is 5. The van der Waals surface area contributed by atoms with Crippen molar-refractivity contribution >= 4 is 34.0 Å². The number of pyridine rings is 1. The van der Waals surface area contributed by atoms with Gasteiger partial charge in [-0.05, 0) is 32.0 Å². The van der Waals surface area contributed by atoms with E-state index in [4.69, 9.17) is 4.74 Å². The first-order chi connectivity index (χ1) is 12.5. The van der Waals surface area contributed by atoms with Crippen molar-refractivity contribution in [1.82, 2.24) is 4.98 Å². The van der Waals surface area contributed by atoms with E-state index < -0.39 is 0 Å². The van der Waals surface area contributed by atoms with E-state index in [0.29, 0.717) is 5.56 Å². The maximum Gasteiger partial charge on any atom is 0.310 e. The molecule has 0 aliphatic heterocycles. The summed E-state index contributed by atoms with van der Waals surface area (Å²) in [6.07, 6.45) is 0.120. The summed E-state index contributed by atoms with van der Waals surface area (Å²) < 4.78 is 4.84. The van der Waals surface area contributed by atoms with Gasteiger partial charge in [0.15, 0.2) is 5.78 Å². The molecule has 5 heteroatoms. The molecule has 0 atom stereocenters. The number of Topliss-reactive ketones (excluding diaryl/α,β-unsaturated/α-hetero) is 1. The number of aromatic nitrogens is 1. The second-order valence-corrected chi connectivity index (χ2v) is 6.08. The van der Waals surface area contributed by atoms with Crippen molar-refractivity contribution in [2.45, 2.75) is 20.3 Å². The van der Waals surface area contributed by atoms with E-state index >= 15 is 0 Å². The fourth-order valence-electron chi connectivity index (χ4n) is 2.91. The molecular weight excluding hydrogens is 328 g/mol. The zero-order chi connectivity index (χ0) is 18.7. The Kier molecular flexibility index (Phi) is 4.98. The Labute approximate surface area is 152 Å². The molecule has 3 aromatic rings. The Morgan fingerprint density at radius 2 is 1.88 bits per heavy atom. The van der Waals surface area contributed by atoms with E-state index in [-0.39, 0.29) is 18.2 Å². The van der Waals surface area contributed by atoms with Gasteiger partial charge in [0.25, 0.3) is 0 Å². The molecule has 2 aromatic carbocycles. The highest BCUT2D eigenvalue weighted by Crippen LogP contribution is 2.32. The molecule has 0 amide bonds. The second-order valence-electron chi connectivity index (χ2n) is 6.08. The Morgan fingerprint density at radius 3 is 2.62 bits per heavy atom. The Morgan fingerprint density at radius 1 is 1.12 bits per heavy atom. The number of para-hydroxylation sites is 1. The van der Waals surface area contributed by atoms with Gasteiger partial charge in [-0.15, -0.1) is 0 Å². The Balaban J connectivity index is 2.15. The van der Waals surface area contributed by atoms with E-state index in [2.05, 4.69) is 10.3 Å². The van der Waals surface area contributed by atoms with E-state index in [1.165, 1.54) is 14.0 Å². The molecule has 132 valence electrons. The fourth-order valence-corrected chi connectivity index (χ4v) is 2.91. The van der Waals surface area contributed by atoms with Crippen molar-refractivity contribution in [2.24, 2.45) is 0 Å². The molecule has 0 fully saturated rings. The third kappa shape index (κ3) is 3.57. The number of carbonyl (C=O) groups excluding carboxylic acids is 2. The number of hydrogen-bond acceptors (Lipinski definition) is 5. The average Bonchev–Trinajstić information content (AvgIpc) is 2.64. The monoisotopic (exact) mass is 348 g/mol. The van der Waals surface area contributed by atoms with Crippen LogP contribution in [0.3, 0.4) is 0 Å². The number of methoxy groups -OCH3 is 1. The number of aryl methyl sites for hydroxylation is 1. The summed E-state index contributed by atoms with van der Waals surface area (Å²) in [5.74, 6) is -0.329. The lowest BCUT2D eigenvalue weighted by atomic mass is 10.0. The van der Waals surface area contributed by atoms with Gasteiger partial charge in [-0.25, -0.2) is 0 Å². The van der Waals surface area contributed by atoms with Crippen molar-refractivity contribution in [3.8, 4) is 0 Å².